The summed E-state index contributed by atoms with van der Waals surface area (Å²) in [5, 5.41) is 0. The first-order valence-corrected chi connectivity index (χ1v) is 10.6. The van der Waals surface area contributed by atoms with Crippen LogP contribution in [0.5, 0.6) is 0 Å². The van der Waals surface area contributed by atoms with Crippen molar-refractivity contribution in [3.8, 4) is 0 Å². The van der Waals surface area contributed by atoms with Crippen LogP contribution < -0.4 is 0 Å². The Hall–Kier alpha value is 0.880. The predicted octanol–water partition coefficient (Wildman–Crippen LogP) is 4.65. The molecule has 0 unspecified atom stereocenters. The molecule has 0 fully saturated rings. The highest BCUT2D eigenvalue weighted by Gasteiger charge is 2.27. The van der Waals surface area contributed by atoms with Gasteiger partial charge in [0.2, 0.25) is 0 Å². The molecule has 0 bridgehead atoms. The smallest absolute Gasteiger partial charge is 0.305 e. The lowest BCUT2D eigenvalue weighted by molar-refractivity contribution is 0.128. The van der Waals surface area contributed by atoms with Crippen LogP contribution in [-0.2, 0) is 27.2 Å². The third-order valence-corrected chi connectivity index (χ3v) is 6.67. The fourth-order valence-corrected chi connectivity index (χ4v) is 4.30. The van der Waals surface area contributed by atoms with Crippen molar-refractivity contribution in [3.05, 3.63) is 0 Å². The summed E-state index contributed by atoms with van der Waals surface area (Å²) in [4.78, 5) is 0. The number of hydrogen-bond acceptors (Lipinski definition) is 6. The molecule has 0 aliphatic rings. The summed E-state index contributed by atoms with van der Waals surface area (Å²) in [6.07, 6.45) is -0.558. The molecular weight excluding hydrogens is 349 g/mol. The van der Waals surface area contributed by atoms with Gasteiger partial charge in [-0.25, -0.2) is 0 Å². The monoisotopic (exact) mass is 370 g/mol. The summed E-state index contributed by atoms with van der Waals surface area (Å²) >= 11 is 11.1. The van der Waals surface area contributed by atoms with E-state index in [4.69, 9.17) is 41.3 Å². The molecule has 0 spiro atoms. The topological polar surface area (TPSA) is 71.1 Å². The van der Waals surface area contributed by atoms with Gasteiger partial charge in [-0.3, -0.25) is 9.13 Å². The van der Waals surface area contributed by atoms with Crippen LogP contribution in [0, 0.1) is 0 Å². The van der Waals surface area contributed by atoms with E-state index in [1.54, 1.807) is 27.7 Å². The van der Waals surface area contributed by atoms with E-state index >= 15 is 0 Å². The molecule has 0 heterocycles. The summed E-state index contributed by atoms with van der Waals surface area (Å²) in [7, 11) is -6.70. The Balaban J connectivity index is 4.23. The molecule has 6 nitrogen and oxygen atoms in total. The molecule has 0 saturated heterocycles. The van der Waals surface area contributed by atoms with Crippen LogP contribution >= 0.6 is 38.4 Å². The van der Waals surface area contributed by atoms with Crippen molar-refractivity contribution in [2.24, 2.45) is 0 Å². The largest absolute Gasteiger partial charge is 0.345 e. The van der Waals surface area contributed by atoms with E-state index < -0.39 is 15.2 Å². The number of alkyl halides is 2. The van der Waals surface area contributed by atoms with Crippen molar-refractivity contribution in [3.63, 3.8) is 0 Å². The summed E-state index contributed by atoms with van der Waals surface area (Å²) in [6.45, 7) is 6.71. The molecule has 0 aromatic carbocycles. The zero-order valence-electron chi connectivity index (χ0n) is 12.1. The average Bonchev–Trinajstić information content (AvgIpc) is 2.33. The molecule has 10 heteroatoms. The minimum absolute atomic E-state index is 0.0843. The first-order chi connectivity index (χ1) is 9.16. The first-order valence-electron chi connectivity index (χ1n) is 6.12. The standard InChI is InChI=1S/C10H22Cl2O6P2/c1-9(2)17-19(13,7-11)15-5-6-16-20(14,8-12)18-10(3)4/h9-10H,5-8H2,1-4H3/t19-,20-/m0/s1. The van der Waals surface area contributed by atoms with Crippen LogP contribution in [0.25, 0.3) is 0 Å². The van der Waals surface area contributed by atoms with Gasteiger partial charge in [0.05, 0.1) is 25.4 Å². The van der Waals surface area contributed by atoms with Crippen LogP contribution in [-0.4, -0.2) is 36.7 Å². The zero-order chi connectivity index (χ0) is 15.8. The third-order valence-electron chi connectivity index (χ3n) is 1.69. The number of halogens is 2. The second-order valence-corrected chi connectivity index (χ2v) is 9.73. The van der Waals surface area contributed by atoms with Gasteiger partial charge in [-0.15, -0.1) is 23.2 Å². The number of hydrogen-bond donors (Lipinski definition) is 0. The second-order valence-electron chi connectivity index (χ2n) is 4.44. The van der Waals surface area contributed by atoms with Gasteiger partial charge in [0.15, 0.2) is 0 Å². The Kier molecular flexibility index (Phi) is 10.2. The van der Waals surface area contributed by atoms with Gasteiger partial charge in [-0.2, -0.15) is 0 Å². The van der Waals surface area contributed by atoms with Crippen molar-refractivity contribution in [2.45, 2.75) is 39.9 Å². The molecule has 20 heavy (non-hydrogen) atoms. The summed E-state index contributed by atoms with van der Waals surface area (Å²) < 4.78 is 44.5. The highest BCUT2D eigenvalue weighted by Crippen LogP contribution is 2.52. The first kappa shape index (κ1) is 20.9. The molecule has 0 saturated carbocycles. The molecular formula is C10H22Cl2O6P2. The highest BCUT2D eigenvalue weighted by atomic mass is 35.5. The lowest BCUT2D eigenvalue weighted by Gasteiger charge is -2.20. The number of rotatable bonds is 11. The van der Waals surface area contributed by atoms with Gasteiger partial charge in [-0.1, -0.05) is 0 Å². The summed E-state index contributed by atoms with van der Waals surface area (Å²) in [6, 6.07) is 0. The molecule has 2 atom stereocenters. The minimum Gasteiger partial charge on any atom is -0.305 e. The van der Waals surface area contributed by atoms with Crippen LogP contribution in [0.4, 0.5) is 0 Å². The van der Waals surface area contributed by atoms with Gasteiger partial charge in [0.25, 0.3) is 0 Å². The molecule has 0 aliphatic heterocycles. The quantitative estimate of drug-likeness (QED) is 0.299. The molecule has 0 aromatic rings. The summed E-state index contributed by atoms with van der Waals surface area (Å²) in [5.41, 5.74) is -0.526. The molecule has 0 rings (SSSR count). The van der Waals surface area contributed by atoms with E-state index in [-0.39, 0.29) is 36.7 Å². The third kappa shape index (κ3) is 9.01. The maximum Gasteiger partial charge on any atom is 0.345 e. The lowest BCUT2D eigenvalue weighted by atomic mass is 10.5. The average molecular weight is 371 g/mol. The fourth-order valence-electron chi connectivity index (χ4n) is 1.18. The Labute approximate surface area is 130 Å². The lowest BCUT2D eigenvalue weighted by Crippen LogP contribution is -2.10. The fraction of sp³-hybridized carbons (Fsp3) is 1.00. The maximum absolute atomic E-state index is 12.0. The van der Waals surface area contributed by atoms with Crippen molar-refractivity contribution in [1.29, 1.82) is 0 Å². The van der Waals surface area contributed by atoms with Gasteiger partial charge in [-0.05, 0) is 27.7 Å². The highest BCUT2D eigenvalue weighted by molar-refractivity contribution is 7.56. The van der Waals surface area contributed by atoms with E-state index in [1.165, 1.54) is 0 Å². The SMILES string of the molecule is CC(C)O[P@](=O)(CCl)OCCO[P@@](=O)(CCl)OC(C)C. The molecule has 0 aromatic heterocycles. The van der Waals surface area contributed by atoms with E-state index in [1.807, 2.05) is 0 Å². The van der Waals surface area contributed by atoms with Gasteiger partial charge in [0, 0.05) is 0 Å². The van der Waals surface area contributed by atoms with Gasteiger partial charge >= 0.3 is 15.2 Å². The van der Waals surface area contributed by atoms with Crippen molar-refractivity contribution in [2.75, 3.05) is 24.5 Å². The van der Waals surface area contributed by atoms with Crippen LogP contribution in [0.3, 0.4) is 0 Å². The van der Waals surface area contributed by atoms with Gasteiger partial charge in [0.1, 0.15) is 11.2 Å². The Bertz CT molecular complexity index is 330. The molecule has 0 amide bonds. The Morgan fingerprint density at radius 3 is 1.30 bits per heavy atom. The molecule has 0 N–H and O–H groups in total. The molecule has 122 valence electrons. The summed E-state index contributed by atoms with van der Waals surface area (Å²) in [5.74, 6) is 0. The van der Waals surface area contributed by atoms with E-state index in [0.717, 1.165) is 0 Å². The van der Waals surface area contributed by atoms with Crippen molar-refractivity contribution < 1.29 is 27.2 Å². The van der Waals surface area contributed by atoms with Crippen molar-refractivity contribution in [1.82, 2.24) is 0 Å². The van der Waals surface area contributed by atoms with Crippen LogP contribution in [0.15, 0.2) is 0 Å². The normalized spacial score (nSPS) is 18.2. The Morgan fingerprint density at radius 1 is 0.800 bits per heavy atom. The van der Waals surface area contributed by atoms with E-state index in [2.05, 4.69) is 0 Å². The maximum atomic E-state index is 12.0. The van der Waals surface area contributed by atoms with Gasteiger partial charge < -0.3 is 18.1 Å². The van der Waals surface area contributed by atoms with Crippen LogP contribution in [0.1, 0.15) is 27.7 Å². The van der Waals surface area contributed by atoms with E-state index in [9.17, 15) is 9.13 Å². The Morgan fingerprint density at radius 2 is 1.10 bits per heavy atom. The second kappa shape index (κ2) is 9.81. The van der Waals surface area contributed by atoms with Crippen LogP contribution in [0.2, 0.25) is 0 Å². The van der Waals surface area contributed by atoms with Crippen molar-refractivity contribution >= 4 is 38.4 Å². The zero-order valence-corrected chi connectivity index (χ0v) is 15.4. The molecule has 0 aliphatic carbocycles. The molecule has 0 radical (unpaired) electrons. The minimum atomic E-state index is -3.35. The predicted molar refractivity (Wildman–Crippen MR) is 81.0 cm³/mol. The van der Waals surface area contributed by atoms with E-state index in [0.29, 0.717) is 0 Å².